The van der Waals surface area contributed by atoms with Crippen LogP contribution in [-0.2, 0) is 4.79 Å². The van der Waals surface area contributed by atoms with Crippen LogP contribution in [0.5, 0.6) is 5.75 Å². The van der Waals surface area contributed by atoms with Crippen molar-refractivity contribution >= 4 is 17.3 Å². The fourth-order valence-corrected chi connectivity index (χ4v) is 3.09. The minimum Gasteiger partial charge on any atom is -0.482 e. The maximum absolute atomic E-state index is 14.6. The molecule has 3 aromatic carbocycles. The highest BCUT2D eigenvalue weighted by atomic mass is 19.1. The fourth-order valence-electron chi connectivity index (χ4n) is 3.09. The molecule has 0 saturated heterocycles. The first-order valence-corrected chi connectivity index (χ1v) is 8.71. The van der Waals surface area contributed by atoms with Gasteiger partial charge in [0, 0.05) is 12.6 Å². The summed E-state index contributed by atoms with van der Waals surface area (Å²) in [7, 11) is 1.49. The zero-order valence-electron chi connectivity index (χ0n) is 15.7. The zero-order chi connectivity index (χ0) is 21.1. The molecule has 3 aromatic rings. The van der Waals surface area contributed by atoms with E-state index in [0.717, 1.165) is 6.07 Å². The first kappa shape index (κ1) is 20.3. The van der Waals surface area contributed by atoms with Gasteiger partial charge in [-0.3, -0.25) is 0 Å². The van der Waals surface area contributed by atoms with Crippen LogP contribution in [0.4, 0.5) is 24.5 Å². The summed E-state index contributed by atoms with van der Waals surface area (Å²) in [5.41, 5.74) is 1.55. The van der Waals surface area contributed by atoms with Gasteiger partial charge < -0.3 is 14.7 Å². The Balaban J connectivity index is 2.04. The quantitative estimate of drug-likeness (QED) is 0.608. The summed E-state index contributed by atoms with van der Waals surface area (Å²) in [4.78, 5) is 12.1. The molecule has 0 bridgehead atoms. The van der Waals surface area contributed by atoms with Crippen molar-refractivity contribution in [2.24, 2.45) is 0 Å². The average Bonchev–Trinajstić information content (AvgIpc) is 2.67. The summed E-state index contributed by atoms with van der Waals surface area (Å²) >= 11 is 0. The van der Waals surface area contributed by atoms with E-state index in [2.05, 4.69) is 0 Å². The van der Waals surface area contributed by atoms with Gasteiger partial charge in [-0.2, -0.15) is 0 Å². The summed E-state index contributed by atoms with van der Waals surface area (Å²) < 4.78 is 47.9. The number of nitrogens with zero attached hydrogens (tertiary/aromatic N) is 1. The second-order valence-corrected chi connectivity index (χ2v) is 6.44. The summed E-state index contributed by atoms with van der Waals surface area (Å²) in [6.07, 6.45) is 0. The normalized spacial score (nSPS) is 10.7. The topological polar surface area (TPSA) is 49.8 Å². The smallest absolute Gasteiger partial charge is 0.341 e. The van der Waals surface area contributed by atoms with Crippen molar-refractivity contribution in [3.8, 4) is 16.9 Å². The molecule has 0 spiro atoms. The van der Waals surface area contributed by atoms with Crippen LogP contribution < -0.4 is 9.64 Å². The van der Waals surface area contributed by atoms with Gasteiger partial charge in [-0.1, -0.05) is 18.2 Å². The van der Waals surface area contributed by atoms with Crippen LogP contribution in [0.2, 0.25) is 0 Å². The lowest BCUT2D eigenvalue weighted by Crippen LogP contribution is -2.16. The third-order valence-corrected chi connectivity index (χ3v) is 4.48. The van der Waals surface area contributed by atoms with E-state index in [-0.39, 0.29) is 17.1 Å². The third-order valence-electron chi connectivity index (χ3n) is 4.48. The number of carboxylic acid groups (broad SMARTS) is 1. The molecule has 0 unspecified atom stereocenters. The van der Waals surface area contributed by atoms with Crippen molar-refractivity contribution < 1.29 is 27.8 Å². The lowest BCUT2D eigenvalue weighted by atomic mass is 10.0. The maximum atomic E-state index is 14.6. The summed E-state index contributed by atoms with van der Waals surface area (Å²) in [6.45, 7) is 0.972. The van der Waals surface area contributed by atoms with E-state index < -0.39 is 30.0 Å². The van der Waals surface area contributed by atoms with Crippen LogP contribution in [0.1, 0.15) is 5.56 Å². The van der Waals surface area contributed by atoms with Crippen LogP contribution in [0.15, 0.2) is 54.6 Å². The summed E-state index contributed by atoms with van der Waals surface area (Å²) in [6, 6.07) is 12.5. The summed E-state index contributed by atoms with van der Waals surface area (Å²) in [5, 5.41) is 8.79. The molecule has 7 heteroatoms. The van der Waals surface area contributed by atoms with E-state index in [1.807, 2.05) is 0 Å². The second kappa shape index (κ2) is 8.26. The Labute approximate surface area is 165 Å². The molecule has 4 nitrogen and oxygen atoms in total. The van der Waals surface area contributed by atoms with Gasteiger partial charge in [0.15, 0.2) is 6.61 Å². The molecule has 0 saturated carbocycles. The van der Waals surface area contributed by atoms with Gasteiger partial charge in [-0.25, -0.2) is 18.0 Å². The number of ether oxygens (including phenoxy) is 1. The highest BCUT2D eigenvalue weighted by Crippen LogP contribution is 2.37. The maximum Gasteiger partial charge on any atom is 0.341 e. The average molecular weight is 401 g/mol. The first-order valence-electron chi connectivity index (χ1n) is 8.71. The number of hydrogen-bond acceptors (Lipinski definition) is 3. The lowest BCUT2D eigenvalue weighted by Gasteiger charge is -2.24. The van der Waals surface area contributed by atoms with Crippen molar-refractivity contribution in [1.29, 1.82) is 0 Å². The van der Waals surface area contributed by atoms with Crippen LogP contribution in [0, 0.1) is 24.4 Å². The van der Waals surface area contributed by atoms with Crippen molar-refractivity contribution in [3.05, 3.63) is 77.6 Å². The standard InChI is InChI=1S/C22H18F3NO3/c1-13-20(29-12-21(27)28)9-8-18(25)22(13)26(2)19-11-15(6-7-17(19)24)14-4-3-5-16(23)10-14/h3-11H,12H2,1-2H3,(H,27,28). The molecule has 1 N–H and O–H groups in total. The molecule has 3 rings (SSSR count). The van der Waals surface area contributed by atoms with E-state index >= 15 is 0 Å². The Morgan fingerprint density at radius 2 is 1.69 bits per heavy atom. The molecule has 0 radical (unpaired) electrons. The van der Waals surface area contributed by atoms with Crippen molar-refractivity contribution in [3.63, 3.8) is 0 Å². The molecule has 0 aliphatic rings. The van der Waals surface area contributed by atoms with Crippen molar-refractivity contribution in [2.75, 3.05) is 18.6 Å². The monoisotopic (exact) mass is 401 g/mol. The van der Waals surface area contributed by atoms with Gasteiger partial charge in [0.1, 0.15) is 23.2 Å². The number of halogens is 3. The lowest BCUT2D eigenvalue weighted by molar-refractivity contribution is -0.139. The second-order valence-electron chi connectivity index (χ2n) is 6.44. The Morgan fingerprint density at radius 1 is 1.00 bits per heavy atom. The van der Waals surface area contributed by atoms with E-state index in [1.165, 1.54) is 48.3 Å². The molecular weight excluding hydrogens is 383 g/mol. The minimum atomic E-state index is -1.17. The molecule has 0 fully saturated rings. The highest BCUT2D eigenvalue weighted by Gasteiger charge is 2.20. The number of hydrogen-bond donors (Lipinski definition) is 1. The van der Waals surface area contributed by atoms with Gasteiger partial charge in [0.25, 0.3) is 0 Å². The third kappa shape index (κ3) is 4.34. The van der Waals surface area contributed by atoms with Gasteiger partial charge in [0.05, 0.1) is 11.4 Å². The van der Waals surface area contributed by atoms with E-state index in [9.17, 15) is 18.0 Å². The zero-order valence-corrected chi connectivity index (χ0v) is 15.7. The van der Waals surface area contributed by atoms with Crippen LogP contribution in [0.25, 0.3) is 11.1 Å². The Bertz CT molecular complexity index is 1070. The van der Waals surface area contributed by atoms with Crippen LogP contribution >= 0.6 is 0 Å². The molecule has 0 aliphatic heterocycles. The molecule has 0 aliphatic carbocycles. The van der Waals surface area contributed by atoms with Gasteiger partial charge in [0.2, 0.25) is 0 Å². The number of carboxylic acids is 1. The van der Waals surface area contributed by atoms with Crippen molar-refractivity contribution in [2.45, 2.75) is 6.92 Å². The molecule has 0 amide bonds. The fraction of sp³-hybridized carbons (Fsp3) is 0.136. The van der Waals surface area contributed by atoms with E-state index in [1.54, 1.807) is 19.1 Å². The van der Waals surface area contributed by atoms with Gasteiger partial charge in [-0.15, -0.1) is 0 Å². The molecule has 150 valence electrons. The minimum absolute atomic E-state index is 0.0446. The number of benzene rings is 3. The number of rotatable bonds is 6. The summed E-state index contributed by atoms with van der Waals surface area (Å²) in [5.74, 6) is -2.63. The van der Waals surface area contributed by atoms with Gasteiger partial charge >= 0.3 is 5.97 Å². The van der Waals surface area contributed by atoms with Gasteiger partial charge in [-0.05, 0) is 54.4 Å². The Morgan fingerprint density at radius 3 is 2.38 bits per heavy atom. The molecular formula is C22H18F3NO3. The van der Waals surface area contributed by atoms with Crippen molar-refractivity contribution in [1.82, 2.24) is 0 Å². The largest absolute Gasteiger partial charge is 0.482 e. The van der Waals surface area contributed by atoms with Crippen LogP contribution in [-0.4, -0.2) is 24.7 Å². The molecule has 0 heterocycles. The number of carbonyl (C=O) groups is 1. The molecule has 0 aromatic heterocycles. The molecule has 29 heavy (non-hydrogen) atoms. The molecule has 0 atom stereocenters. The first-order chi connectivity index (χ1) is 13.8. The number of aliphatic carboxylic acids is 1. The van der Waals surface area contributed by atoms with Crippen LogP contribution in [0.3, 0.4) is 0 Å². The number of anilines is 2. The SMILES string of the molecule is Cc1c(OCC(=O)O)ccc(F)c1N(C)c1cc(-c2cccc(F)c2)ccc1F. The van der Waals surface area contributed by atoms with E-state index in [0.29, 0.717) is 16.7 Å². The Kier molecular flexibility index (Phi) is 5.77. The predicted octanol–water partition coefficient (Wildman–Crippen LogP) is 5.31. The predicted molar refractivity (Wildman–Crippen MR) is 104 cm³/mol. The van der Waals surface area contributed by atoms with E-state index in [4.69, 9.17) is 9.84 Å². The highest BCUT2D eigenvalue weighted by molar-refractivity contribution is 5.75. The Hall–Kier alpha value is -3.48.